The summed E-state index contributed by atoms with van der Waals surface area (Å²) in [4.78, 5) is 22.6. The lowest BCUT2D eigenvalue weighted by Crippen LogP contribution is -2.11. The molecule has 0 aliphatic carbocycles. The van der Waals surface area contributed by atoms with E-state index in [1.807, 2.05) is 0 Å². The number of ether oxygens (including phenoxy) is 2. The second-order valence-corrected chi connectivity index (χ2v) is 3.82. The highest BCUT2D eigenvalue weighted by Crippen LogP contribution is 2.30. The zero-order valence-corrected chi connectivity index (χ0v) is 10.3. The molecule has 0 heterocycles. The van der Waals surface area contributed by atoms with Gasteiger partial charge in [-0.3, -0.25) is 4.79 Å². The van der Waals surface area contributed by atoms with Gasteiger partial charge in [0.05, 0.1) is 12.5 Å². The topological polar surface area (TPSA) is 72.8 Å². The number of fused-ring (bicyclic) bond motifs is 1. The van der Waals surface area contributed by atoms with Crippen LogP contribution in [-0.2, 0) is 4.79 Å². The minimum Gasteiger partial charge on any atom is -0.496 e. The molecule has 5 nitrogen and oxygen atoms in total. The molecule has 0 radical (unpaired) electrons. The number of carboxylic acid groups (broad SMARTS) is 1. The Hall–Kier alpha value is -2.56. The van der Waals surface area contributed by atoms with Gasteiger partial charge in [-0.25, -0.2) is 4.79 Å². The average molecular weight is 260 g/mol. The number of hydrogen-bond donors (Lipinski definition) is 1. The summed E-state index contributed by atoms with van der Waals surface area (Å²) in [6, 6.07) is 9.62. The predicted octanol–water partition coefficient (Wildman–Crippen LogP) is 1.67. The van der Waals surface area contributed by atoms with Crippen molar-refractivity contribution in [2.45, 2.75) is 0 Å². The number of rotatable bonds is 4. The van der Waals surface area contributed by atoms with E-state index in [2.05, 4.69) is 0 Å². The van der Waals surface area contributed by atoms with Gasteiger partial charge in [-0.05, 0) is 18.2 Å². The van der Waals surface area contributed by atoms with Crippen LogP contribution in [0.15, 0.2) is 41.2 Å². The van der Waals surface area contributed by atoms with Crippen molar-refractivity contribution >= 4 is 16.7 Å². The number of benzene rings is 1. The van der Waals surface area contributed by atoms with Crippen LogP contribution < -0.4 is 14.9 Å². The SMILES string of the molecule is COc1ccc(OCC(=O)O)c2c(=O)ccccc12. The van der Waals surface area contributed by atoms with Crippen LogP contribution in [0.1, 0.15) is 0 Å². The molecule has 5 heteroatoms. The van der Waals surface area contributed by atoms with E-state index >= 15 is 0 Å². The molecule has 0 atom stereocenters. The summed E-state index contributed by atoms with van der Waals surface area (Å²) in [7, 11) is 1.50. The van der Waals surface area contributed by atoms with Gasteiger partial charge in [0.25, 0.3) is 0 Å². The van der Waals surface area contributed by atoms with Crippen LogP contribution in [0.5, 0.6) is 11.5 Å². The molecule has 0 aliphatic rings. The fourth-order valence-corrected chi connectivity index (χ4v) is 1.82. The van der Waals surface area contributed by atoms with E-state index in [1.54, 1.807) is 24.3 Å². The van der Waals surface area contributed by atoms with Crippen LogP contribution in [0.4, 0.5) is 0 Å². The molecule has 2 rings (SSSR count). The van der Waals surface area contributed by atoms with Crippen LogP contribution in [0.25, 0.3) is 10.8 Å². The molecule has 0 unspecified atom stereocenters. The highest BCUT2D eigenvalue weighted by molar-refractivity contribution is 5.92. The van der Waals surface area contributed by atoms with Gasteiger partial charge in [-0.2, -0.15) is 0 Å². The van der Waals surface area contributed by atoms with Crippen molar-refractivity contribution in [3.8, 4) is 11.5 Å². The van der Waals surface area contributed by atoms with Gasteiger partial charge < -0.3 is 14.6 Å². The summed E-state index contributed by atoms with van der Waals surface area (Å²) in [5, 5.41) is 9.53. The van der Waals surface area contributed by atoms with E-state index in [0.29, 0.717) is 16.5 Å². The van der Waals surface area contributed by atoms with Crippen LogP contribution in [-0.4, -0.2) is 24.8 Å². The number of methoxy groups -OCH3 is 1. The molecule has 0 aromatic heterocycles. The van der Waals surface area contributed by atoms with Gasteiger partial charge >= 0.3 is 5.97 Å². The third-order valence-corrected chi connectivity index (χ3v) is 2.61. The Labute approximate surface area is 109 Å². The van der Waals surface area contributed by atoms with E-state index < -0.39 is 12.6 Å². The van der Waals surface area contributed by atoms with E-state index in [9.17, 15) is 9.59 Å². The largest absolute Gasteiger partial charge is 0.496 e. The maximum absolute atomic E-state index is 12.0. The fourth-order valence-electron chi connectivity index (χ4n) is 1.82. The normalized spacial score (nSPS) is 10.2. The maximum Gasteiger partial charge on any atom is 0.341 e. The lowest BCUT2D eigenvalue weighted by Gasteiger charge is -2.08. The second kappa shape index (κ2) is 5.39. The van der Waals surface area contributed by atoms with Crippen molar-refractivity contribution in [1.29, 1.82) is 0 Å². The van der Waals surface area contributed by atoms with Gasteiger partial charge in [-0.1, -0.05) is 18.2 Å². The van der Waals surface area contributed by atoms with Crippen molar-refractivity contribution in [3.05, 3.63) is 46.6 Å². The Morgan fingerprint density at radius 2 is 1.84 bits per heavy atom. The standard InChI is InChI=1S/C14H12O5/c1-18-11-6-7-12(19-8-13(16)17)14-9(11)4-2-3-5-10(14)15/h2-7H,8H2,1H3,(H,16,17). The second-order valence-electron chi connectivity index (χ2n) is 3.82. The van der Waals surface area contributed by atoms with E-state index in [0.717, 1.165) is 0 Å². The molecule has 0 aliphatic heterocycles. The van der Waals surface area contributed by atoms with Crippen LogP contribution in [0.3, 0.4) is 0 Å². The van der Waals surface area contributed by atoms with E-state index in [4.69, 9.17) is 14.6 Å². The first-order valence-corrected chi connectivity index (χ1v) is 5.58. The molecule has 0 fully saturated rings. The molecule has 19 heavy (non-hydrogen) atoms. The molecule has 0 saturated heterocycles. The van der Waals surface area contributed by atoms with Gasteiger partial charge in [0, 0.05) is 5.39 Å². The molecule has 0 bridgehead atoms. The summed E-state index contributed by atoms with van der Waals surface area (Å²) in [5.41, 5.74) is -0.251. The van der Waals surface area contributed by atoms with Crippen molar-refractivity contribution < 1.29 is 19.4 Å². The molecular formula is C14H12O5. The van der Waals surface area contributed by atoms with Crippen molar-refractivity contribution in [2.75, 3.05) is 13.7 Å². The summed E-state index contributed by atoms with van der Waals surface area (Å²) >= 11 is 0. The Balaban J connectivity index is 2.70. The zero-order chi connectivity index (χ0) is 13.8. The zero-order valence-electron chi connectivity index (χ0n) is 10.3. The minimum absolute atomic E-state index is 0.236. The highest BCUT2D eigenvalue weighted by Gasteiger charge is 2.10. The van der Waals surface area contributed by atoms with Gasteiger partial charge in [0.1, 0.15) is 11.5 Å². The smallest absolute Gasteiger partial charge is 0.341 e. The summed E-state index contributed by atoms with van der Waals surface area (Å²) < 4.78 is 10.3. The minimum atomic E-state index is -1.10. The molecule has 98 valence electrons. The summed E-state index contributed by atoms with van der Waals surface area (Å²) in [6.45, 7) is -0.501. The van der Waals surface area contributed by atoms with Crippen molar-refractivity contribution in [1.82, 2.24) is 0 Å². The van der Waals surface area contributed by atoms with Gasteiger partial charge in [0.2, 0.25) is 0 Å². The Kier molecular flexibility index (Phi) is 3.66. The molecule has 2 aromatic rings. The van der Waals surface area contributed by atoms with Crippen LogP contribution >= 0.6 is 0 Å². The predicted molar refractivity (Wildman–Crippen MR) is 69.9 cm³/mol. The third kappa shape index (κ3) is 2.65. The number of carbonyl (C=O) groups is 1. The lowest BCUT2D eigenvalue weighted by molar-refractivity contribution is -0.139. The Morgan fingerprint density at radius 3 is 2.53 bits per heavy atom. The molecule has 1 N–H and O–H groups in total. The van der Waals surface area contributed by atoms with Crippen LogP contribution in [0.2, 0.25) is 0 Å². The Bertz CT molecular complexity index is 678. The molecule has 0 saturated carbocycles. The fraction of sp³-hybridized carbons (Fsp3) is 0.143. The highest BCUT2D eigenvalue weighted by atomic mass is 16.5. The summed E-state index contributed by atoms with van der Waals surface area (Å²) in [6.07, 6.45) is 0. The number of hydrogen-bond acceptors (Lipinski definition) is 4. The lowest BCUT2D eigenvalue weighted by atomic mass is 10.1. The van der Waals surface area contributed by atoms with E-state index in [-0.39, 0.29) is 11.2 Å². The monoisotopic (exact) mass is 260 g/mol. The third-order valence-electron chi connectivity index (χ3n) is 2.61. The Morgan fingerprint density at radius 1 is 1.16 bits per heavy atom. The number of aliphatic carboxylic acids is 1. The van der Waals surface area contributed by atoms with Crippen molar-refractivity contribution in [3.63, 3.8) is 0 Å². The van der Waals surface area contributed by atoms with Crippen molar-refractivity contribution in [2.24, 2.45) is 0 Å². The average Bonchev–Trinajstić information content (AvgIpc) is 2.58. The van der Waals surface area contributed by atoms with Gasteiger partial charge in [0.15, 0.2) is 12.0 Å². The molecule has 0 spiro atoms. The van der Waals surface area contributed by atoms with Gasteiger partial charge in [-0.15, -0.1) is 0 Å². The first kappa shape index (κ1) is 12.9. The van der Waals surface area contributed by atoms with E-state index in [1.165, 1.54) is 19.2 Å². The number of carboxylic acids is 1. The molecule has 2 aromatic carbocycles. The van der Waals surface area contributed by atoms with Crippen LogP contribution in [0, 0.1) is 0 Å². The first-order chi connectivity index (χ1) is 9.13. The quantitative estimate of drug-likeness (QED) is 0.905. The molecular weight excluding hydrogens is 248 g/mol. The first-order valence-electron chi connectivity index (χ1n) is 5.58. The molecule has 0 amide bonds. The maximum atomic E-state index is 12.0. The summed E-state index contributed by atoms with van der Waals surface area (Å²) in [5.74, 6) is -0.331.